The standard InChI is InChI=1S/C18H25BrN2O2/c1-13(14(2)21-5-7-22-8-6-21)20-11-15-9-16-10-17(19)3-4-18(16)23-12-15/h3-4,9-10,13-14,20H,5-8,11-12H2,1-2H3. The Bertz CT molecular complexity index is 570. The Morgan fingerprint density at radius 1 is 1.26 bits per heavy atom. The predicted molar refractivity (Wildman–Crippen MR) is 96.9 cm³/mol. The largest absolute Gasteiger partial charge is 0.489 e. The van der Waals surface area contributed by atoms with Crippen molar-refractivity contribution in [2.45, 2.75) is 25.9 Å². The molecular weight excluding hydrogens is 356 g/mol. The van der Waals surface area contributed by atoms with Crippen LogP contribution in [0.4, 0.5) is 0 Å². The van der Waals surface area contributed by atoms with E-state index in [1.54, 1.807) is 0 Å². The lowest BCUT2D eigenvalue weighted by Crippen LogP contribution is -2.51. The Hall–Kier alpha value is -0.880. The second kappa shape index (κ2) is 7.79. The van der Waals surface area contributed by atoms with Crippen molar-refractivity contribution in [1.82, 2.24) is 10.2 Å². The van der Waals surface area contributed by atoms with Gasteiger partial charge < -0.3 is 14.8 Å². The molecular formula is C18H25BrN2O2. The summed E-state index contributed by atoms with van der Waals surface area (Å²) in [7, 11) is 0. The van der Waals surface area contributed by atoms with Crippen LogP contribution in [0.3, 0.4) is 0 Å². The molecule has 2 aliphatic heterocycles. The minimum Gasteiger partial charge on any atom is -0.489 e. The number of ether oxygens (including phenoxy) is 2. The van der Waals surface area contributed by atoms with E-state index in [2.05, 4.69) is 52.1 Å². The maximum absolute atomic E-state index is 5.84. The number of morpholine rings is 1. The van der Waals surface area contributed by atoms with Gasteiger partial charge in [0.05, 0.1) is 13.2 Å². The van der Waals surface area contributed by atoms with Crippen LogP contribution in [0.25, 0.3) is 6.08 Å². The monoisotopic (exact) mass is 380 g/mol. The third-order valence-corrected chi connectivity index (χ3v) is 5.23. The van der Waals surface area contributed by atoms with E-state index in [9.17, 15) is 0 Å². The highest BCUT2D eigenvalue weighted by Crippen LogP contribution is 2.28. The summed E-state index contributed by atoms with van der Waals surface area (Å²) in [5.74, 6) is 0.965. The third kappa shape index (κ3) is 4.35. The molecule has 0 bridgehead atoms. The summed E-state index contributed by atoms with van der Waals surface area (Å²) in [6.45, 7) is 9.84. The van der Waals surface area contributed by atoms with Crippen LogP contribution < -0.4 is 10.1 Å². The number of benzene rings is 1. The van der Waals surface area contributed by atoms with Gasteiger partial charge in [0.1, 0.15) is 12.4 Å². The molecule has 23 heavy (non-hydrogen) atoms. The van der Waals surface area contributed by atoms with Crippen molar-refractivity contribution in [3.05, 3.63) is 33.8 Å². The van der Waals surface area contributed by atoms with Crippen LogP contribution in [0.2, 0.25) is 0 Å². The average Bonchev–Trinajstić information content (AvgIpc) is 2.59. The lowest BCUT2D eigenvalue weighted by Gasteiger charge is -2.36. The van der Waals surface area contributed by atoms with Crippen LogP contribution in [0.1, 0.15) is 19.4 Å². The van der Waals surface area contributed by atoms with E-state index < -0.39 is 0 Å². The Labute approximate surface area is 147 Å². The molecule has 0 radical (unpaired) electrons. The predicted octanol–water partition coefficient (Wildman–Crippen LogP) is 2.92. The second-order valence-electron chi connectivity index (χ2n) is 6.33. The van der Waals surface area contributed by atoms with Crippen LogP contribution in [-0.2, 0) is 4.74 Å². The number of nitrogens with zero attached hydrogens (tertiary/aromatic N) is 1. The fourth-order valence-corrected chi connectivity index (χ4v) is 3.44. The fraction of sp³-hybridized carbons (Fsp3) is 0.556. The molecule has 0 aliphatic carbocycles. The summed E-state index contributed by atoms with van der Waals surface area (Å²) in [6, 6.07) is 7.07. The van der Waals surface area contributed by atoms with Crippen molar-refractivity contribution < 1.29 is 9.47 Å². The zero-order valence-corrected chi connectivity index (χ0v) is 15.4. The maximum atomic E-state index is 5.84. The number of halogens is 1. The Morgan fingerprint density at radius 2 is 2.04 bits per heavy atom. The highest BCUT2D eigenvalue weighted by atomic mass is 79.9. The third-order valence-electron chi connectivity index (χ3n) is 4.74. The Balaban J connectivity index is 1.55. The summed E-state index contributed by atoms with van der Waals surface area (Å²) in [5, 5.41) is 3.65. The highest BCUT2D eigenvalue weighted by Gasteiger charge is 2.22. The molecule has 0 spiro atoms. The molecule has 0 amide bonds. The SMILES string of the molecule is CC(NCC1=Cc2cc(Br)ccc2OC1)C(C)N1CCOCC1. The van der Waals surface area contributed by atoms with Crippen LogP contribution in [0.15, 0.2) is 28.2 Å². The molecule has 5 heteroatoms. The van der Waals surface area contributed by atoms with Crippen molar-refractivity contribution >= 4 is 22.0 Å². The summed E-state index contributed by atoms with van der Waals surface area (Å²) in [6.07, 6.45) is 2.24. The van der Waals surface area contributed by atoms with E-state index in [1.807, 2.05) is 12.1 Å². The second-order valence-corrected chi connectivity index (χ2v) is 7.25. The molecule has 2 heterocycles. The smallest absolute Gasteiger partial charge is 0.127 e. The van der Waals surface area contributed by atoms with Gasteiger partial charge in [0.25, 0.3) is 0 Å². The zero-order valence-electron chi connectivity index (χ0n) is 13.8. The van der Waals surface area contributed by atoms with E-state index in [0.29, 0.717) is 18.7 Å². The highest BCUT2D eigenvalue weighted by molar-refractivity contribution is 9.10. The average molecular weight is 381 g/mol. The molecule has 0 aromatic heterocycles. The summed E-state index contributed by atoms with van der Waals surface area (Å²) >= 11 is 3.52. The molecule has 1 aromatic carbocycles. The molecule has 0 saturated carbocycles. The van der Waals surface area contributed by atoms with Crippen molar-refractivity contribution in [2.24, 2.45) is 0 Å². The van der Waals surface area contributed by atoms with E-state index in [0.717, 1.165) is 48.6 Å². The van der Waals surface area contributed by atoms with Gasteiger partial charge in [0.15, 0.2) is 0 Å². The number of fused-ring (bicyclic) bond motifs is 1. The van der Waals surface area contributed by atoms with E-state index in [4.69, 9.17) is 9.47 Å². The van der Waals surface area contributed by atoms with Gasteiger partial charge in [-0.3, -0.25) is 4.90 Å². The first-order chi connectivity index (χ1) is 11.1. The van der Waals surface area contributed by atoms with Gasteiger partial charge in [0.2, 0.25) is 0 Å². The van der Waals surface area contributed by atoms with Crippen molar-refractivity contribution in [2.75, 3.05) is 39.5 Å². The minimum absolute atomic E-state index is 0.429. The van der Waals surface area contributed by atoms with Gasteiger partial charge in [-0.15, -0.1) is 0 Å². The van der Waals surface area contributed by atoms with Crippen LogP contribution in [-0.4, -0.2) is 56.4 Å². The van der Waals surface area contributed by atoms with Gasteiger partial charge in [-0.25, -0.2) is 0 Å². The Kier molecular flexibility index (Phi) is 5.75. The van der Waals surface area contributed by atoms with Gasteiger partial charge in [-0.2, -0.15) is 0 Å². The minimum atomic E-state index is 0.429. The summed E-state index contributed by atoms with van der Waals surface area (Å²) in [5.41, 5.74) is 2.44. The zero-order chi connectivity index (χ0) is 16.2. The molecule has 1 N–H and O–H groups in total. The van der Waals surface area contributed by atoms with E-state index >= 15 is 0 Å². The van der Waals surface area contributed by atoms with Gasteiger partial charge in [-0.1, -0.05) is 15.9 Å². The first-order valence-electron chi connectivity index (χ1n) is 8.30. The molecule has 4 nitrogen and oxygen atoms in total. The number of hydrogen-bond acceptors (Lipinski definition) is 4. The lowest BCUT2D eigenvalue weighted by atomic mass is 10.1. The van der Waals surface area contributed by atoms with Crippen LogP contribution >= 0.6 is 15.9 Å². The van der Waals surface area contributed by atoms with Crippen LogP contribution in [0.5, 0.6) is 5.75 Å². The quantitative estimate of drug-likeness (QED) is 0.851. The molecule has 1 aromatic rings. The molecule has 126 valence electrons. The first-order valence-corrected chi connectivity index (χ1v) is 9.10. The Morgan fingerprint density at radius 3 is 2.83 bits per heavy atom. The molecule has 3 rings (SSSR count). The molecule has 2 unspecified atom stereocenters. The molecule has 1 saturated heterocycles. The molecule has 2 aliphatic rings. The lowest BCUT2D eigenvalue weighted by molar-refractivity contribution is 0.0138. The van der Waals surface area contributed by atoms with Crippen LogP contribution in [0, 0.1) is 0 Å². The number of hydrogen-bond donors (Lipinski definition) is 1. The van der Waals surface area contributed by atoms with E-state index in [-0.39, 0.29) is 0 Å². The topological polar surface area (TPSA) is 33.7 Å². The molecule has 1 fully saturated rings. The number of rotatable bonds is 5. The normalized spacial score (nSPS) is 21.1. The first kappa shape index (κ1) is 17.0. The van der Waals surface area contributed by atoms with Crippen molar-refractivity contribution in [1.29, 1.82) is 0 Å². The number of nitrogens with one attached hydrogen (secondary N) is 1. The maximum Gasteiger partial charge on any atom is 0.127 e. The van der Waals surface area contributed by atoms with Gasteiger partial charge >= 0.3 is 0 Å². The molecule has 2 atom stereocenters. The van der Waals surface area contributed by atoms with Gasteiger partial charge in [-0.05, 0) is 43.7 Å². The summed E-state index contributed by atoms with van der Waals surface area (Å²) < 4.78 is 12.4. The fourth-order valence-electron chi connectivity index (χ4n) is 3.06. The van der Waals surface area contributed by atoms with Crippen molar-refractivity contribution in [3.8, 4) is 5.75 Å². The summed E-state index contributed by atoms with van der Waals surface area (Å²) in [4.78, 5) is 2.50. The van der Waals surface area contributed by atoms with E-state index in [1.165, 1.54) is 5.57 Å². The van der Waals surface area contributed by atoms with Crippen molar-refractivity contribution in [3.63, 3.8) is 0 Å². The van der Waals surface area contributed by atoms with Gasteiger partial charge in [0, 0.05) is 41.8 Å².